The molecule has 0 fully saturated rings. The summed E-state index contributed by atoms with van der Waals surface area (Å²) in [5.41, 5.74) is 3.26. The zero-order valence-electron chi connectivity index (χ0n) is 21.0. The molecule has 0 saturated carbocycles. The first kappa shape index (κ1) is 24.2. The van der Waals surface area contributed by atoms with Gasteiger partial charge >= 0.3 is 5.69 Å². The summed E-state index contributed by atoms with van der Waals surface area (Å²) < 4.78 is 3.44. The average Bonchev–Trinajstić information content (AvgIpc) is 3.31. The third-order valence-electron chi connectivity index (χ3n) is 6.65. The Labute approximate surface area is 213 Å². The summed E-state index contributed by atoms with van der Waals surface area (Å²) in [7, 11) is 3.06. The Morgan fingerprint density at radius 2 is 1.76 bits per heavy atom. The van der Waals surface area contributed by atoms with E-state index in [0.717, 1.165) is 24.6 Å². The SMILES string of the molecule is CCCCCC(=O)N(C)c1ccc2nc3c4ccccc4c(=O)n(-c4ccc([N+](=O)OC)cc4)c3n2c1. The summed E-state index contributed by atoms with van der Waals surface area (Å²) >= 11 is 0. The van der Waals surface area contributed by atoms with E-state index in [1.807, 2.05) is 40.9 Å². The molecule has 0 saturated heterocycles. The molecule has 2 aromatic carbocycles. The van der Waals surface area contributed by atoms with Crippen molar-refractivity contribution in [1.82, 2.24) is 14.0 Å². The summed E-state index contributed by atoms with van der Waals surface area (Å²) in [6.45, 7) is 2.11. The van der Waals surface area contributed by atoms with Crippen molar-refractivity contribution in [1.29, 1.82) is 0 Å². The maximum Gasteiger partial charge on any atom is 0.316 e. The molecular weight excluding hydrogens is 470 g/mol. The fourth-order valence-corrected chi connectivity index (χ4v) is 4.61. The van der Waals surface area contributed by atoms with Crippen LogP contribution in [-0.4, -0.2) is 38.9 Å². The Hall–Kier alpha value is -4.53. The number of rotatable bonds is 8. The number of unbranched alkanes of at least 4 members (excludes halogenated alkanes) is 2. The third-order valence-corrected chi connectivity index (χ3v) is 6.65. The number of anilines is 1. The number of imidazole rings is 1. The summed E-state index contributed by atoms with van der Waals surface area (Å²) in [6, 6.07) is 17.7. The summed E-state index contributed by atoms with van der Waals surface area (Å²) in [5.74, 6) is 0.0379. The molecule has 0 aliphatic rings. The molecular formula is C28H28N5O4+. The zero-order valence-corrected chi connectivity index (χ0v) is 21.0. The smallest absolute Gasteiger partial charge is 0.314 e. The standard InChI is InChI=1S/C28H28N5O4/c1-4-5-6-11-25(34)30(2)21-16-17-24-29-26-22-9-7-8-10-23(22)28(35)32(27(26)31(24)18-21)19-12-14-20(15-13-19)33(36)37-3/h7-10,12-18H,4-6,11H2,1-3H3/q+1. The monoisotopic (exact) mass is 498 g/mol. The Bertz CT molecular complexity index is 1700. The maximum absolute atomic E-state index is 13.8. The van der Waals surface area contributed by atoms with Crippen LogP contribution in [0.4, 0.5) is 11.4 Å². The van der Waals surface area contributed by atoms with Crippen molar-refractivity contribution in [2.75, 3.05) is 19.1 Å². The molecule has 0 spiro atoms. The molecule has 3 heterocycles. The van der Waals surface area contributed by atoms with Crippen LogP contribution in [0.2, 0.25) is 0 Å². The predicted molar refractivity (Wildman–Crippen MR) is 144 cm³/mol. The molecule has 0 N–H and O–H groups in total. The van der Waals surface area contributed by atoms with E-state index in [4.69, 9.17) is 9.82 Å². The molecule has 9 nitrogen and oxygen atoms in total. The number of amides is 1. The fraction of sp³-hybridized carbons (Fsp3) is 0.250. The van der Waals surface area contributed by atoms with Gasteiger partial charge in [-0.3, -0.25) is 18.6 Å². The van der Waals surface area contributed by atoms with Gasteiger partial charge in [0.2, 0.25) is 5.91 Å². The molecule has 0 aliphatic heterocycles. The molecule has 188 valence electrons. The molecule has 5 rings (SSSR count). The Balaban J connectivity index is 1.74. The highest BCUT2D eigenvalue weighted by atomic mass is 16.8. The quantitative estimate of drug-likeness (QED) is 0.214. The molecule has 37 heavy (non-hydrogen) atoms. The minimum Gasteiger partial charge on any atom is -0.314 e. The van der Waals surface area contributed by atoms with Crippen LogP contribution >= 0.6 is 0 Å². The van der Waals surface area contributed by atoms with E-state index in [0.29, 0.717) is 50.6 Å². The predicted octanol–water partition coefficient (Wildman–Crippen LogP) is 5.31. The normalized spacial score (nSPS) is 11.3. The Morgan fingerprint density at radius 1 is 1.03 bits per heavy atom. The second-order valence-corrected chi connectivity index (χ2v) is 8.95. The van der Waals surface area contributed by atoms with Gasteiger partial charge in [0.05, 0.1) is 16.3 Å². The van der Waals surface area contributed by atoms with Crippen molar-refractivity contribution in [3.63, 3.8) is 0 Å². The maximum atomic E-state index is 13.8. The van der Waals surface area contributed by atoms with Gasteiger partial charge in [0, 0.05) is 42.6 Å². The highest BCUT2D eigenvalue weighted by Crippen LogP contribution is 2.28. The number of pyridine rings is 2. The van der Waals surface area contributed by atoms with Gasteiger partial charge in [-0.2, -0.15) is 0 Å². The third kappa shape index (κ3) is 4.22. The van der Waals surface area contributed by atoms with Crippen molar-refractivity contribution >= 4 is 44.9 Å². The van der Waals surface area contributed by atoms with Crippen LogP contribution in [0.15, 0.2) is 71.7 Å². The highest BCUT2D eigenvalue weighted by Gasteiger charge is 2.20. The fourth-order valence-electron chi connectivity index (χ4n) is 4.61. The molecule has 1 amide bonds. The van der Waals surface area contributed by atoms with E-state index in [9.17, 15) is 14.5 Å². The van der Waals surface area contributed by atoms with Gasteiger partial charge in [0.25, 0.3) is 10.5 Å². The van der Waals surface area contributed by atoms with E-state index >= 15 is 0 Å². The van der Waals surface area contributed by atoms with Crippen LogP contribution in [0.3, 0.4) is 0 Å². The van der Waals surface area contributed by atoms with Gasteiger partial charge in [-0.25, -0.2) is 9.82 Å². The van der Waals surface area contributed by atoms with Gasteiger partial charge in [-0.15, -0.1) is 0 Å². The van der Waals surface area contributed by atoms with Crippen LogP contribution in [0, 0.1) is 4.91 Å². The summed E-state index contributed by atoms with van der Waals surface area (Å²) in [5, 5.41) is 1.28. The number of benzene rings is 2. The minimum absolute atomic E-state index is 0.0379. The number of hydrogen-bond acceptors (Lipinski definition) is 5. The molecule has 3 aromatic heterocycles. The van der Waals surface area contributed by atoms with Crippen LogP contribution in [0.1, 0.15) is 32.6 Å². The van der Waals surface area contributed by atoms with Crippen LogP contribution in [0.25, 0.3) is 33.3 Å². The average molecular weight is 499 g/mol. The number of hydrogen-bond donors (Lipinski definition) is 0. The lowest BCUT2D eigenvalue weighted by Crippen LogP contribution is -2.26. The van der Waals surface area contributed by atoms with Gasteiger partial charge in [-0.1, -0.05) is 38.0 Å². The lowest BCUT2D eigenvalue weighted by molar-refractivity contribution is -0.736. The van der Waals surface area contributed by atoms with Crippen molar-refractivity contribution in [2.45, 2.75) is 32.6 Å². The van der Waals surface area contributed by atoms with Crippen LogP contribution in [-0.2, 0) is 9.63 Å². The Kier molecular flexibility index (Phi) is 6.43. The number of nitrogens with zero attached hydrogens (tertiary/aromatic N) is 5. The second kappa shape index (κ2) is 9.85. The number of carbonyl (C=O) groups is 1. The summed E-state index contributed by atoms with van der Waals surface area (Å²) in [6.07, 6.45) is 5.23. The first-order valence-electron chi connectivity index (χ1n) is 12.3. The van der Waals surface area contributed by atoms with Crippen molar-refractivity contribution in [3.05, 3.63) is 82.1 Å². The van der Waals surface area contributed by atoms with Crippen LogP contribution < -0.4 is 10.5 Å². The first-order valence-corrected chi connectivity index (χ1v) is 12.3. The van der Waals surface area contributed by atoms with E-state index in [-0.39, 0.29) is 11.5 Å². The van der Waals surface area contributed by atoms with Crippen LogP contribution in [0.5, 0.6) is 0 Å². The van der Waals surface area contributed by atoms with Gasteiger partial charge < -0.3 is 4.90 Å². The molecule has 0 unspecified atom stereocenters. The number of fused-ring (bicyclic) bond motifs is 5. The van der Waals surface area contributed by atoms with Gasteiger partial charge in [-0.05, 0) is 36.8 Å². The van der Waals surface area contributed by atoms with Gasteiger partial charge in [0.1, 0.15) is 11.2 Å². The topological polar surface area (TPSA) is 88.9 Å². The Morgan fingerprint density at radius 3 is 2.46 bits per heavy atom. The molecule has 9 heteroatoms. The largest absolute Gasteiger partial charge is 0.316 e. The minimum atomic E-state index is -0.210. The molecule has 5 aromatic rings. The molecule has 0 radical (unpaired) electrons. The zero-order chi connectivity index (χ0) is 26.1. The molecule has 0 bridgehead atoms. The lowest BCUT2D eigenvalue weighted by atomic mass is 10.1. The lowest BCUT2D eigenvalue weighted by Gasteiger charge is -2.18. The van der Waals surface area contributed by atoms with Gasteiger partial charge in [0.15, 0.2) is 12.8 Å². The van der Waals surface area contributed by atoms with E-state index in [1.54, 1.807) is 46.8 Å². The number of aromatic nitrogens is 3. The first-order chi connectivity index (χ1) is 17.9. The second-order valence-electron chi connectivity index (χ2n) is 8.95. The molecule has 0 aliphatic carbocycles. The van der Waals surface area contributed by atoms with Crippen molar-refractivity contribution in [2.24, 2.45) is 0 Å². The highest BCUT2D eigenvalue weighted by molar-refractivity contribution is 6.04. The van der Waals surface area contributed by atoms with E-state index in [2.05, 4.69) is 6.92 Å². The summed E-state index contributed by atoms with van der Waals surface area (Å²) in [4.78, 5) is 50.1. The molecule has 0 atom stereocenters. The van der Waals surface area contributed by atoms with Crippen molar-refractivity contribution < 1.29 is 14.6 Å². The van der Waals surface area contributed by atoms with E-state index in [1.165, 1.54) is 7.11 Å². The van der Waals surface area contributed by atoms with E-state index < -0.39 is 0 Å². The van der Waals surface area contributed by atoms with Crippen molar-refractivity contribution in [3.8, 4) is 5.69 Å². The number of carbonyl (C=O) groups excluding carboxylic acids is 1.